The topological polar surface area (TPSA) is 95.7 Å². The Morgan fingerprint density at radius 1 is 1.22 bits per heavy atom. The Hall–Kier alpha value is -1.60. The van der Waals surface area contributed by atoms with Gasteiger partial charge in [-0.05, 0) is 66.5 Å². The van der Waals surface area contributed by atoms with Crippen molar-refractivity contribution in [1.82, 2.24) is 0 Å². The van der Waals surface area contributed by atoms with Gasteiger partial charge in [-0.15, -0.1) is 0 Å². The van der Waals surface area contributed by atoms with E-state index in [9.17, 15) is 13.2 Å². The Morgan fingerprint density at radius 2 is 2.00 bits per heavy atom. The maximum Gasteiger partial charge on any atom is 0.380 e. The lowest BCUT2D eigenvalue weighted by Crippen LogP contribution is -2.42. The van der Waals surface area contributed by atoms with Gasteiger partial charge in [-0.3, -0.25) is 4.79 Å². The predicted molar refractivity (Wildman–Crippen MR) is 101 cm³/mol. The summed E-state index contributed by atoms with van der Waals surface area (Å²) in [5, 5.41) is 5.01. The third-order valence-corrected chi connectivity index (χ3v) is 7.74. The fraction of sp³-hybridized carbons (Fsp3) is 0.650. The SMILES string of the molecule is CC[C@@]12CCCC1C1CC(=O)c3cc(OS(N)(=O)=O)c(OC)cc3C1CC2. The number of ketones is 1. The number of rotatable bonds is 4. The van der Waals surface area contributed by atoms with E-state index >= 15 is 0 Å². The molecule has 4 atom stereocenters. The number of carbonyl (C=O) groups is 1. The maximum absolute atomic E-state index is 13.0. The molecule has 1 aromatic rings. The molecule has 0 radical (unpaired) electrons. The number of benzene rings is 1. The van der Waals surface area contributed by atoms with E-state index in [-0.39, 0.29) is 11.5 Å². The molecule has 148 valence electrons. The predicted octanol–water partition coefficient (Wildman–Crippen LogP) is 3.55. The maximum atomic E-state index is 13.0. The molecule has 0 amide bonds. The average molecular weight is 394 g/mol. The molecule has 0 heterocycles. The summed E-state index contributed by atoms with van der Waals surface area (Å²) in [5.74, 6) is 1.63. The van der Waals surface area contributed by atoms with Crippen molar-refractivity contribution >= 4 is 16.1 Å². The first-order valence-electron chi connectivity index (χ1n) is 9.75. The summed E-state index contributed by atoms with van der Waals surface area (Å²) in [4.78, 5) is 13.0. The molecular formula is C20H27NO5S. The van der Waals surface area contributed by atoms with Gasteiger partial charge in [0.2, 0.25) is 0 Å². The van der Waals surface area contributed by atoms with E-state index in [4.69, 9.17) is 14.1 Å². The van der Waals surface area contributed by atoms with Gasteiger partial charge in [0.1, 0.15) is 0 Å². The molecule has 7 heteroatoms. The Bertz CT molecular complexity index is 881. The highest BCUT2D eigenvalue weighted by molar-refractivity contribution is 7.84. The second-order valence-corrected chi connectivity index (χ2v) is 9.47. The zero-order valence-corrected chi connectivity index (χ0v) is 16.7. The minimum atomic E-state index is -4.19. The Balaban J connectivity index is 1.77. The number of methoxy groups -OCH3 is 1. The standard InChI is InChI=1S/C20H27NO5S/c1-3-20-7-4-5-16(20)14-9-17(22)15-11-19(26-27(21,23)24)18(25-2)10-13(15)12(14)6-8-20/h10-12,14,16H,3-9H2,1-2H3,(H2,21,23,24)/t12?,14?,16?,20-/m0/s1. The molecule has 6 nitrogen and oxygen atoms in total. The molecule has 0 bridgehead atoms. The van der Waals surface area contributed by atoms with Gasteiger partial charge in [-0.2, -0.15) is 13.6 Å². The van der Waals surface area contributed by atoms with E-state index in [0.717, 1.165) is 12.0 Å². The van der Waals surface area contributed by atoms with Gasteiger partial charge in [0.05, 0.1) is 7.11 Å². The number of fused-ring (bicyclic) bond motifs is 5. The number of Topliss-reactive ketones (excluding diaryl/α,β-unsaturated/α-hetero) is 1. The fourth-order valence-corrected chi connectivity index (χ4v) is 6.55. The molecule has 3 aliphatic rings. The van der Waals surface area contributed by atoms with Crippen LogP contribution in [-0.2, 0) is 10.3 Å². The van der Waals surface area contributed by atoms with Crippen molar-refractivity contribution in [2.75, 3.05) is 7.11 Å². The quantitative estimate of drug-likeness (QED) is 0.844. The molecule has 0 aromatic heterocycles. The lowest BCUT2D eigenvalue weighted by atomic mass is 9.54. The number of carbonyl (C=O) groups excluding carboxylic acids is 1. The smallest absolute Gasteiger partial charge is 0.380 e. The van der Waals surface area contributed by atoms with E-state index in [2.05, 4.69) is 6.92 Å². The van der Waals surface area contributed by atoms with Crippen molar-refractivity contribution in [1.29, 1.82) is 0 Å². The third-order valence-electron chi connectivity index (χ3n) is 7.33. The Kier molecular flexibility index (Phi) is 4.50. The van der Waals surface area contributed by atoms with Gasteiger partial charge in [-0.1, -0.05) is 19.8 Å². The van der Waals surface area contributed by atoms with Gasteiger partial charge in [0.15, 0.2) is 17.3 Å². The van der Waals surface area contributed by atoms with Gasteiger partial charge in [0, 0.05) is 12.0 Å². The van der Waals surface area contributed by atoms with Gasteiger partial charge >= 0.3 is 10.3 Å². The van der Waals surface area contributed by atoms with Crippen molar-refractivity contribution in [3.8, 4) is 11.5 Å². The van der Waals surface area contributed by atoms with Crippen molar-refractivity contribution in [3.63, 3.8) is 0 Å². The first-order valence-corrected chi connectivity index (χ1v) is 11.2. The van der Waals surface area contributed by atoms with Crippen LogP contribution in [0.2, 0.25) is 0 Å². The van der Waals surface area contributed by atoms with Gasteiger partial charge in [0.25, 0.3) is 0 Å². The second-order valence-electron chi connectivity index (χ2n) is 8.32. The number of ether oxygens (including phenoxy) is 1. The highest BCUT2D eigenvalue weighted by Gasteiger charge is 2.53. The molecule has 0 saturated heterocycles. The number of nitrogens with two attached hydrogens (primary N) is 1. The van der Waals surface area contributed by atoms with Crippen LogP contribution in [0.4, 0.5) is 0 Å². The minimum Gasteiger partial charge on any atom is -0.493 e. The first kappa shape index (κ1) is 18.7. The van der Waals surface area contributed by atoms with Gasteiger partial charge < -0.3 is 8.92 Å². The van der Waals surface area contributed by atoms with E-state index in [0.29, 0.717) is 40.9 Å². The summed E-state index contributed by atoms with van der Waals surface area (Å²) in [6, 6.07) is 3.28. The van der Waals surface area contributed by atoms with Crippen molar-refractivity contribution < 1.29 is 22.1 Å². The fourth-order valence-electron chi connectivity index (χ4n) is 6.17. The van der Waals surface area contributed by atoms with Crippen LogP contribution in [0.15, 0.2) is 12.1 Å². The third kappa shape index (κ3) is 3.05. The van der Waals surface area contributed by atoms with Crippen LogP contribution in [-0.4, -0.2) is 21.3 Å². The van der Waals surface area contributed by atoms with E-state index in [1.54, 1.807) is 6.07 Å². The Morgan fingerprint density at radius 3 is 2.67 bits per heavy atom. The molecule has 1 aromatic carbocycles. The van der Waals surface area contributed by atoms with Gasteiger partial charge in [-0.25, -0.2) is 0 Å². The highest BCUT2D eigenvalue weighted by atomic mass is 32.2. The summed E-state index contributed by atoms with van der Waals surface area (Å²) < 4.78 is 32.9. The molecule has 27 heavy (non-hydrogen) atoms. The number of hydrogen-bond acceptors (Lipinski definition) is 5. The van der Waals surface area contributed by atoms with Crippen LogP contribution < -0.4 is 14.1 Å². The van der Waals surface area contributed by atoms with E-state index in [1.165, 1.54) is 45.3 Å². The molecule has 2 saturated carbocycles. The van der Waals surface area contributed by atoms with Crippen LogP contribution in [0.5, 0.6) is 11.5 Å². The lowest BCUT2D eigenvalue weighted by Gasteiger charge is -2.50. The zero-order valence-electron chi connectivity index (χ0n) is 15.9. The van der Waals surface area contributed by atoms with Crippen molar-refractivity contribution in [2.24, 2.45) is 22.4 Å². The monoisotopic (exact) mass is 393 g/mol. The summed E-state index contributed by atoms with van der Waals surface area (Å²) >= 11 is 0. The summed E-state index contributed by atoms with van der Waals surface area (Å²) in [7, 11) is -2.73. The summed E-state index contributed by atoms with van der Waals surface area (Å²) in [6.07, 6.45) is 7.73. The van der Waals surface area contributed by atoms with E-state index in [1.807, 2.05) is 0 Å². The summed E-state index contributed by atoms with van der Waals surface area (Å²) in [5.41, 5.74) is 1.93. The molecular weight excluding hydrogens is 366 g/mol. The van der Waals surface area contributed by atoms with Crippen molar-refractivity contribution in [3.05, 3.63) is 23.3 Å². The molecule has 0 spiro atoms. The average Bonchev–Trinajstić information content (AvgIpc) is 3.05. The molecule has 3 aliphatic carbocycles. The highest BCUT2D eigenvalue weighted by Crippen LogP contribution is 2.62. The van der Waals surface area contributed by atoms with Crippen LogP contribution in [0, 0.1) is 17.3 Å². The number of hydrogen-bond donors (Lipinski definition) is 1. The largest absolute Gasteiger partial charge is 0.493 e. The molecule has 0 aliphatic heterocycles. The van der Waals surface area contributed by atoms with Crippen LogP contribution >= 0.6 is 0 Å². The van der Waals surface area contributed by atoms with E-state index < -0.39 is 10.3 Å². The van der Waals surface area contributed by atoms with Crippen LogP contribution in [0.3, 0.4) is 0 Å². The zero-order chi connectivity index (χ0) is 19.4. The second kappa shape index (κ2) is 6.48. The van der Waals surface area contributed by atoms with Crippen LogP contribution in [0.1, 0.15) is 73.7 Å². The molecule has 4 rings (SSSR count). The summed E-state index contributed by atoms with van der Waals surface area (Å²) in [6.45, 7) is 2.29. The lowest BCUT2D eigenvalue weighted by molar-refractivity contribution is 0.0384. The first-order chi connectivity index (χ1) is 12.8. The molecule has 3 unspecified atom stereocenters. The molecule has 2 N–H and O–H groups in total. The molecule has 2 fully saturated rings. The minimum absolute atomic E-state index is 0.0230. The Labute approximate surface area is 160 Å². The van der Waals surface area contributed by atoms with Crippen molar-refractivity contribution in [2.45, 2.75) is 57.8 Å². The normalized spacial score (nSPS) is 32.4. The van der Waals surface area contributed by atoms with Crippen LogP contribution in [0.25, 0.3) is 0 Å².